The molecule has 15 heavy (non-hydrogen) atoms. The molecule has 0 aromatic rings. The molecule has 1 aliphatic heterocycles. The average molecular weight is 212 g/mol. The fourth-order valence-electron chi connectivity index (χ4n) is 1.67. The van der Waals surface area contributed by atoms with Crippen LogP contribution < -0.4 is 0 Å². The standard InChI is InChI=1S/C12H20O3/c1-4-5-11-10(8-15-11)6-7-14-12(13)9(2)3/h10-11H,2,4-8H2,1,3H3. The van der Waals surface area contributed by atoms with Crippen molar-refractivity contribution >= 4 is 5.97 Å². The van der Waals surface area contributed by atoms with E-state index in [9.17, 15) is 4.79 Å². The molecule has 86 valence electrons. The normalized spacial score (nSPS) is 24.4. The van der Waals surface area contributed by atoms with E-state index in [0.29, 0.717) is 24.2 Å². The second-order valence-electron chi connectivity index (χ2n) is 4.13. The molecular weight excluding hydrogens is 192 g/mol. The third kappa shape index (κ3) is 3.67. The minimum Gasteiger partial charge on any atom is -0.462 e. The van der Waals surface area contributed by atoms with Crippen LogP contribution in [-0.4, -0.2) is 25.3 Å². The molecular formula is C12H20O3. The van der Waals surface area contributed by atoms with Crippen molar-refractivity contribution in [3.05, 3.63) is 12.2 Å². The monoisotopic (exact) mass is 212 g/mol. The molecule has 0 aromatic heterocycles. The molecule has 2 unspecified atom stereocenters. The maximum absolute atomic E-state index is 11.1. The first kappa shape index (κ1) is 12.2. The summed E-state index contributed by atoms with van der Waals surface area (Å²) in [6, 6.07) is 0. The minimum atomic E-state index is -0.290. The lowest BCUT2D eigenvalue weighted by atomic mass is 9.91. The summed E-state index contributed by atoms with van der Waals surface area (Å²) in [5, 5.41) is 0. The lowest BCUT2D eigenvalue weighted by molar-refractivity contribution is -0.146. The summed E-state index contributed by atoms with van der Waals surface area (Å²) in [6.45, 7) is 8.65. The molecule has 1 fully saturated rings. The highest BCUT2D eigenvalue weighted by molar-refractivity contribution is 5.86. The molecule has 0 amide bonds. The highest BCUT2D eigenvalue weighted by Gasteiger charge is 2.30. The SMILES string of the molecule is C=C(C)C(=O)OCCC1COC1CCC. The molecule has 0 N–H and O–H groups in total. The number of carbonyl (C=O) groups excluding carboxylic acids is 1. The highest BCUT2D eigenvalue weighted by Crippen LogP contribution is 2.27. The van der Waals surface area contributed by atoms with E-state index in [1.807, 2.05) is 0 Å². The van der Waals surface area contributed by atoms with Gasteiger partial charge in [-0.15, -0.1) is 0 Å². The zero-order chi connectivity index (χ0) is 11.3. The van der Waals surface area contributed by atoms with Crippen molar-refractivity contribution < 1.29 is 14.3 Å². The fourth-order valence-corrected chi connectivity index (χ4v) is 1.67. The van der Waals surface area contributed by atoms with Crippen LogP contribution in [0.25, 0.3) is 0 Å². The van der Waals surface area contributed by atoms with Gasteiger partial charge in [0.25, 0.3) is 0 Å². The van der Waals surface area contributed by atoms with Gasteiger partial charge in [0.15, 0.2) is 0 Å². The minimum absolute atomic E-state index is 0.290. The second-order valence-corrected chi connectivity index (χ2v) is 4.13. The van der Waals surface area contributed by atoms with Gasteiger partial charge in [-0.25, -0.2) is 4.79 Å². The van der Waals surface area contributed by atoms with Crippen molar-refractivity contribution in [2.24, 2.45) is 5.92 Å². The predicted molar refractivity (Wildman–Crippen MR) is 58.5 cm³/mol. The van der Waals surface area contributed by atoms with Crippen LogP contribution in [0, 0.1) is 5.92 Å². The Morgan fingerprint density at radius 2 is 2.27 bits per heavy atom. The van der Waals surface area contributed by atoms with Crippen molar-refractivity contribution in [3.63, 3.8) is 0 Å². The van der Waals surface area contributed by atoms with E-state index in [1.54, 1.807) is 6.92 Å². The van der Waals surface area contributed by atoms with E-state index in [-0.39, 0.29) is 5.97 Å². The Hall–Kier alpha value is -0.830. The Labute approximate surface area is 91.4 Å². The summed E-state index contributed by atoms with van der Waals surface area (Å²) < 4.78 is 10.5. The molecule has 3 heteroatoms. The molecule has 0 spiro atoms. The summed E-state index contributed by atoms with van der Waals surface area (Å²) in [6.07, 6.45) is 3.55. The Morgan fingerprint density at radius 3 is 2.73 bits per heavy atom. The van der Waals surface area contributed by atoms with Crippen LogP contribution >= 0.6 is 0 Å². The first-order valence-electron chi connectivity index (χ1n) is 5.59. The zero-order valence-electron chi connectivity index (χ0n) is 9.62. The van der Waals surface area contributed by atoms with E-state index >= 15 is 0 Å². The molecule has 1 saturated heterocycles. The van der Waals surface area contributed by atoms with Crippen LogP contribution in [0.15, 0.2) is 12.2 Å². The second kappa shape index (κ2) is 5.91. The van der Waals surface area contributed by atoms with E-state index < -0.39 is 0 Å². The third-order valence-corrected chi connectivity index (χ3v) is 2.69. The molecule has 0 radical (unpaired) electrons. The smallest absolute Gasteiger partial charge is 0.333 e. The summed E-state index contributed by atoms with van der Waals surface area (Å²) in [5.41, 5.74) is 0.463. The van der Waals surface area contributed by atoms with Crippen molar-refractivity contribution in [2.45, 2.75) is 39.2 Å². The number of hydrogen-bond acceptors (Lipinski definition) is 3. The third-order valence-electron chi connectivity index (χ3n) is 2.69. The summed E-state index contributed by atoms with van der Waals surface area (Å²) in [7, 11) is 0. The first-order chi connectivity index (χ1) is 7.15. The van der Waals surface area contributed by atoms with E-state index in [2.05, 4.69) is 13.5 Å². The van der Waals surface area contributed by atoms with Gasteiger partial charge in [0.05, 0.1) is 19.3 Å². The van der Waals surface area contributed by atoms with Crippen LogP contribution in [0.2, 0.25) is 0 Å². The van der Waals surface area contributed by atoms with Gasteiger partial charge in [0, 0.05) is 11.5 Å². The molecule has 1 aliphatic rings. The van der Waals surface area contributed by atoms with E-state index in [4.69, 9.17) is 9.47 Å². The van der Waals surface area contributed by atoms with Crippen molar-refractivity contribution in [2.75, 3.05) is 13.2 Å². The Kier molecular flexibility index (Phi) is 4.82. The van der Waals surface area contributed by atoms with Gasteiger partial charge in [-0.2, -0.15) is 0 Å². The van der Waals surface area contributed by atoms with Crippen LogP contribution in [0.1, 0.15) is 33.1 Å². The number of carbonyl (C=O) groups is 1. The first-order valence-corrected chi connectivity index (χ1v) is 5.59. The van der Waals surface area contributed by atoms with Crippen molar-refractivity contribution in [3.8, 4) is 0 Å². The van der Waals surface area contributed by atoms with Crippen LogP contribution in [0.4, 0.5) is 0 Å². The number of esters is 1. The Balaban J connectivity index is 2.10. The van der Waals surface area contributed by atoms with E-state index in [1.165, 1.54) is 0 Å². The molecule has 0 saturated carbocycles. The van der Waals surface area contributed by atoms with Gasteiger partial charge in [0.2, 0.25) is 0 Å². The van der Waals surface area contributed by atoms with Crippen LogP contribution in [0.3, 0.4) is 0 Å². The topological polar surface area (TPSA) is 35.5 Å². The summed E-state index contributed by atoms with van der Waals surface area (Å²) in [4.78, 5) is 11.1. The van der Waals surface area contributed by atoms with Crippen LogP contribution in [-0.2, 0) is 14.3 Å². The van der Waals surface area contributed by atoms with Crippen molar-refractivity contribution in [1.82, 2.24) is 0 Å². The van der Waals surface area contributed by atoms with Crippen molar-refractivity contribution in [1.29, 1.82) is 0 Å². The van der Waals surface area contributed by atoms with Gasteiger partial charge >= 0.3 is 5.97 Å². The lowest BCUT2D eigenvalue weighted by Crippen LogP contribution is -2.40. The Bertz CT molecular complexity index is 235. The number of hydrogen-bond donors (Lipinski definition) is 0. The summed E-state index contributed by atoms with van der Waals surface area (Å²) >= 11 is 0. The fraction of sp³-hybridized carbons (Fsp3) is 0.750. The number of rotatable bonds is 6. The molecule has 1 heterocycles. The maximum Gasteiger partial charge on any atom is 0.333 e. The van der Waals surface area contributed by atoms with E-state index in [0.717, 1.165) is 25.9 Å². The molecule has 0 bridgehead atoms. The quantitative estimate of drug-likeness (QED) is 0.500. The highest BCUT2D eigenvalue weighted by atomic mass is 16.5. The lowest BCUT2D eigenvalue weighted by Gasteiger charge is -2.36. The molecule has 1 rings (SSSR count). The molecule has 0 aromatic carbocycles. The van der Waals surface area contributed by atoms with Gasteiger partial charge < -0.3 is 9.47 Å². The largest absolute Gasteiger partial charge is 0.462 e. The Morgan fingerprint density at radius 1 is 1.53 bits per heavy atom. The number of ether oxygens (including phenoxy) is 2. The van der Waals surface area contributed by atoms with Gasteiger partial charge in [-0.3, -0.25) is 0 Å². The maximum atomic E-state index is 11.1. The molecule has 0 aliphatic carbocycles. The van der Waals surface area contributed by atoms with Gasteiger partial charge in [-0.05, 0) is 19.8 Å². The predicted octanol–water partition coefficient (Wildman–Crippen LogP) is 2.31. The average Bonchev–Trinajstić information content (AvgIpc) is 2.18. The van der Waals surface area contributed by atoms with Gasteiger partial charge in [0.1, 0.15) is 0 Å². The van der Waals surface area contributed by atoms with Crippen LogP contribution in [0.5, 0.6) is 0 Å². The summed E-state index contributed by atoms with van der Waals surface area (Å²) in [5.74, 6) is 0.283. The zero-order valence-corrected chi connectivity index (χ0v) is 9.62. The molecule has 3 nitrogen and oxygen atoms in total. The molecule has 2 atom stereocenters. The van der Waals surface area contributed by atoms with Gasteiger partial charge in [-0.1, -0.05) is 19.9 Å².